The summed E-state index contributed by atoms with van der Waals surface area (Å²) < 4.78 is 37.9. The lowest BCUT2D eigenvalue weighted by molar-refractivity contribution is 0.611. The summed E-state index contributed by atoms with van der Waals surface area (Å²) in [6.45, 7) is 1.59. The van der Waals surface area contributed by atoms with E-state index in [-0.39, 0.29) is 5.75 Å². The fourth-order valence-electron chi connectivity index (χ4n) is 1.07. The van der Waals surface area contributed by atoms with Gasteiger partial charge in [0.25, 0.3) is 0 Å². The Bertz CT molecular complexity index is 605. The number of halogens is 2. The maximum absolute atomic E-state index is 12.3. The number of hydrogen-bond acceptors (Lipinski definition) is 3. The van der Waals surface area contributed by atoms with Gasteiger partial charge in [-0.25, -0.2) is 4.21 Å². The predicted octanol–water partition coefficient (Wildman–Crippen LogP) is 2.78. The first-order valence-corrected chi connectivity index (χ1v) is 8.97. The highest BCUT2D eigenvalue weighted by Gasteiger charge is 2.15. The van der Waals surface area contributed by atoms with Gasteiger partial charge in [-0.2, -0.15) is 8.42 Å². The zero-order valence-corrected chi connectivity index (χ0v) is 12.2. The molecule has 1 rings (SSSR count). The second-order valence-corrected chi connectivity index (χ2v) is 8.71. The fourth-order valence-corrected chi connectivity index (χ4v) is 5.29. The summed E-state index contributed by atoms with van der Waals surface area (Å²) in [5.41, 5.74) is 0. The van der Waals surface area contributed by atoms with Gasteiger partial charge in [-0.3, -0.25) is 0 Å². The average molecular weight is 347 g/mol. The van der Waals surface area contributed by atoms with E-state index in [9.17, 15) is 12.6 Å². The molecule has 0 aliphatic heterocycles. The molecule has 0 radical (unpaired) electrons. The lowest BCUT2D eigenvalue weighted by atomic mass is 10.4. The lowest BCUT2D eigenvalue weighted by Gasteiger charge is -2.06. The van der Waals surface area contributed by atoms with Crippen LogP contribution < -0.4 is 0 Å². The Morgan fingerprint density at radius 3 is 2.44 bits per heavy atom. The van der Waals surface area contributed by atoms with Crippen LogP contribution in [0.25, 0.3) is 0 Å². The van der Waals surface area contributed by atoms with Crippen LogP contribution in [0.3, 0.4) is 0 Å². The minimum absolute atomic E-state index is 0.0788. The van der Waals surface area contributed by atoms with Crippen molar-refractivity contribution in [1.29, 1.82) is 0 Å². The van der Waals surface area contributed by atoms with E-state index >= 15 is 0 Å². The molecule has 0 spiro atoms. The van der Waals surface area contributed by atoms with Crippen LogP contribution in [0.5, 0.6) is 0 Å². The third-order valence-corrected chi connectivity index (χ3v) is 6.21. The molecular weight excluding hydrogens is 338 g/mol. The van der Waals surface area contributed by atoms with Crippen molar-refractivity contribution in [3.63, 3.8) is 0 Å². The summed E-state index contributed by atoms with van der Waals surface area (Å²) in [5.74, 6) is 0.0788. The first-order chi connectivity index (χ1) is 7.27. The SMILES string of the molecule is CC[S@](=O)(=NS(=O)(=O)Cl)c1cccc(Br)c1. The number of benzene rings is 1. The standard InChI is InChI=1S/C8H9BrClNO3S2/c1-2-15(12,11-16(10,13)14)8-5-3-4-7(9)6-8/h3-6H,2H2,1H3/t15-/m1/s1. The first kappa shape index (κ1) is 14.0. The first-order valence-electron chi connectivity index (χ1n) is 4.23. The van der Waals surface area contributed by atoms with Gasteiger partial charge in [0.2, 0.25) is 0 Å². The third kappa shape index (κ3) is 3.73. The van der Waals surface area contributed by atoms with Gasteiger partial charge in [-0.15, -0.1) is 0 Å². The minimum atomic E-state index is -4.15. The van der Waals surface area contributed by atoms with Crippen molar-refractivity contribution in [3.05, 3.63) is 28.7 Å². The molecule has 90 valence electrons. The molecule has 1 aromatic rings. The van der Waals surface area contributed by atoms with Crippen LogP contribution in [0.4, 0.5) is 0 Å². The zero-order chi connectivity index (χ0) is 12.4. The van der Waals surface area contributed by atoms with E-state index < -0.39 is 19.0 Å². The van der Waals surface area contributed by atoms with Gasteiger partial charge in [-0.05, 0) is 18.2 Å². The van der Waals surface area contributed by atoms with Crippen LogP contribution in [-0.4, -0.2) is 18.4 Å². The van der Waals surface area contributed by atoms with Crippen molar-refractivity contribution in [1.82, 2.24) is 0 Å². The van der Waals surface area contributed by atoms with E-state index in [1.54, 1.807) is 31.2 Å². The number of rotatable bonds is 3. The van der Waals surface area contributed by atoms with E-state index in [1.807, 2.05) is 0 Å². The molecule has 0 aromatic heterocycles. The molecule has 16 heavy (non-hydrogen) atoms. The van der Waals surface area contributed by atoms with Gasteiger partial charge in [0.15, 0.2) is 0 Å². The maximum atomic E-state index is 12.3. The Morgan fingerprint density at radius 2 is 2.00 bits per heavy atom. The van der Waals surface area contributed by atoms with E-state index in [4.69, 9.17) is 10.7 Å². The topological polar surface area (TPSA) is 63.6 Å². The summed E-state index contributed by atoms with van der Waals surface area (Å²) in [4.78, 5) is 0.341. The molecule has 0 aliphatic rings. The maximum Gasteiger partial charge on any atom is 0.347 e. The molecule has 0 saturated heterocycles. The zero-order valence-electron chi connectivity index (χ0n) is 8.26. The number of hydrogen-bond donors (Lipinski definition) is 0. The smallest absolute Gasteiger partial charge is 0.244 e. The quantitative estimate of drug-likeness (QED) is 0.791. The second-order valence-electron chi connectivity index (χ2n) is 2.87. The average Bonchev–Trinajstić information content (AvgIpc) is 2.15. The van der Waals surface area contributed by atoms with Crippen molar-refractivity contribution in [2.24, 2.45) is 3.77 Å². The Morgan fingerprint density at radius 1 is 1.38 bits per heavy atom. The predicted molar refractivity (Wildman–Crippen MR) is 68.3 cm³/mol. The third-order valence-electron chi connectivity index (χ3n) is 1.77. The van der Waals surface area contributed by atoms with Crippen molar-refractivity contribution in [2.75, 3.05) is 5.75 Å². The molecule has 0 bridgehead atoms. The van der Waals surface area contributed by atoms with Gasteiger partial charge in [0.1, 0.15) is 0 Å². The molecule has 0 amide bonds. The minimum Gasteiger partial charge on any atom is -0.244 e. The van der Waals surface area contributed by atoms with Gasteiger partial charge < -0.3 is 0 Å². The van der Waals surface area contributed by atoms with Crippen molar-refractivity contribution >= 4 is 45.6 Å². The molecule has 1 aromatic carbocycles. The Kier molecular flexibility index (Phi) is 4.39. The van der Waals surface area contributed by atoms with Crippen molar-refractivity contribution in [2.45, 2.75) is 11.8 Å². The molecule has 0 unspecified atom stereocenters. The Balaban J connectivity index is 3.50. The fraction of sp³-hybridized carbons (Fsp3) is 0.250. The molecule has 0 heterocycles. The van der Waals surface area contributed by atoms with E-state index in [1.165, 1.54) is 0 Å². The lowest BCUT2D eigenvalue weighted by Crippen LogP contribution is -2.05. The van der Waals surface area contributed by atoms with Crippen LogP contribution in [-0.2, 0) is 19.0 Å². The summed E-state index contributed by atoms with van der Waals surface area (Å²) in [6, 6.07) is 6.53. The highest BCUT2D eigenvalue weighted by molar-refractivity contribution is 9.10. The summed E-state index contributed by atoms with van der Waals surface area (Å²) in [7, 11) is -2.16. The van der Waals surface area contributed by atoms with Crippen LogP contribution in [0.1, 0.15) is 6.92 Å². The van der Waals surface area contributed by atoms with Crippen LogP contribution >= 0.6 is 26.6 Å². The molecule has 0 N–H and O–H groups in total. The molecule has 0 saturated carbocycles. The molecular formula is C8H9BrClNO3S2. The Labute approximate surface area is 108 Å². The Hall–Kier alpha value is -0.110. The van der Waals surface area contributed by atoms with Gasteiger partial charge in [0, 0.05) is 25.8 Å². The van der Waals surface area contributed by atoms with Crippen molar-refractivity contribution < 1.29 is 12.6 Å². The number of nitrogens with zero attached hydrogens (tertiary/aromatic N) is 1. The van der Waals surface area contributed by atoms with E-state index in [0.717, 1.165) is 0 Å². The van der Waals surface area contributed by atoms with Gasteiger partial charge >= 0.3 is 9.24 Å². The van der Waals surface area contributed by atoms with E-state index in [2.05, 4.69) is 19.7 Å². The van der Waals surface area contributed by atoms with E-state index in [0.29, 0.717) is 9.37 Å². The molecule has 0 fully saturated rings. The monoisotopic (exact) mass is 345 g/mol. The summed E-state index contributed by atoms with van der Waals surface area (Å²) in [6.07, 6.45) is 0. The van der Waals surface area contributed by atoms with Crippen LogP contribution in [0.2, 0.25) is 0 Å². The highest BCUT2D eigenvalue weighted by atomic mass is 79.9. The normalized spacial score (nSPS) is 15.4. The molecule has 4 nitrogen and oxygen atoms in total. The highest BCUT2D eigenvalue weighted by Crippen LogP contribution is 2.21. The largest absolute Gasteiger partial charge is 0.347 e. The van der Waals surface area contributed by atoms with Gasteiger partial charge in [-0.1, -0.05) is 32.7 Å². The van der Waals surface area contributed by atoms with Gasteiger partial charge in [0.05, 0.1) is 9.73 Å². The molecule has 0 aliphatic carbocycles. The summed E-state index contributed by atoms with van der Waals surface area (Å²) in [5, 5.41) is 0. The van der Waals surface area contributed by atoms with Crippen LogP contribution in [0.15, 0.2) is 37.4 Å². The van der Waals surface area contributed by atoms with Crippen LogP contribution in [0, 0.1) is 0 Å². The molecule has 8 heteroatoms. The molecule has 1 atom stereocenters. The second kappa shape index (κ2) is 5.03. The summed E-state index contributed by atoms with van der Waals surface area (Å²) >= 11 is 3.21. The van der Waals surface area contributed by atoms with Crippen molar-refractivity contribution in [3.8, 4) is 0 Å².